The van der Waals surface area contributed by atoms with Crippen LogP contribution in [0, 0.1) is 13.8 Å². The van der Waals surface area contributed by atoms with E-state index in [9.17, 15) is 4.79 Å². The van der Waals surface area contributed by atoms with E-state index in [1.165, 1.54) is 31.5 Å². The molecule has 128 valence electrons. The Kier molecular flexibility index (Phi) is 5.05. The first-order valence-electron chi connectivity index (χ1n) is 9.09. The third-order valence-electron chi connectivity index (χ3n) is 5.40. The van der Waals surface area contributed by atoms with E-state index in [-0.39, 0.29) is 0 Å². The molecule has 23 heavy (non-hydrogen) atoms. The van der Waals surface area contributed by atoms with E-state index in [4.69, 9.17) is 0 Å². The van der Waals surface area contributed by atoms with Gasteiger partial charge in [-0.3, -0.25) is 14.4 Å². The highest BCUT2D eigenvalue weighted by molar-refractivity contribution is 5.77. The maximum absolute atomic E-state index is 12.3. The van der Waals surface area contributed by atoms with Crippen LogP contribution in [0.4, 0.5) is 0 Å². The molecular weight excluding hydrogens is 288 g/mol. The van der Waals surface area contributed by atoms with Crippen molar-refractivity contribution >= 4 is 5.91 Å². The molecule has 3 rings (SSSR count). The third-order valence-corrected chi connectivity index (χ3v) is 5.40. The lowest BCUT2D eigenvalue weighted by Crippen LogP contribution is -2.63. The second-order valence-corrected chi connectivity index (χ2v) is 7.29. The van der Waals surface area contributed by atoms with Crippen molar-refractivity contribution in [3.63, 3.8) is 0 Å². The van der Waals surface area contributed by atoms with Gasteiger partial charge in [0.05, 0.1) is 5.69 Å². The number of carbonyl (C=O) groups is 1. The van der Waals surface area contributed by atoms with Crippen LogP contribution in [0.5, 0.6) is 0 Å². The van der Waals surface area contributed by atoms with Gasteiger partial charge >= 0.3 is 0 Å². The number of hydrogen-bond acceptors (Lipinski definition) is 3. The molecule has 5 nitrogen and oxygen atoms in total. The number of aromatic nitrogens is 2. The summed E-state index contributed by atoms with van der Waals surface area (Å²) in [6, 6.07) is 3.38. The monoisotopic (exact) mass is 318 g/mol. The SMILES string of the molecule is Cc1cc(C)n(CCCC(=O)N2CC(N3CCCC[C@@H]3C)C2)n1. The lowest BCUT2D eigenvalue weighted by atomic mass is 9.97. The van der Waals surface area contributed by atoms with Gasteiger partial charge in [0.15, 0.2) is 0 Å². The Bertz CT molecular complexity index is 547. The number of nitrogens with zero attached hydrogens (tertiary/aromatic N) is 4. The van der Waals surface area contributed by atoms with Gasteiger partial charge in [-0.25, -0.2) is 0 Å². The summed E-state index contributed by atoms with van der Waals surface area (Å²) in [6.45, 7) is 10.3. The molecule has 1 aromatic heterocycles. The van der Waals surface area contributed by atoms with E-state index in [1.807, 2.05) is 16.5 Å². The molecule has 1 atom stereocenters. The highest BCUT2D eigenvalue weighted by Crippen LogP contribution is 2.24. The average molecular weight is 318 g/mol. The maximum atomic E-state index is 12.3. The van der Waals surface area contributed by atoms with Gasteiger partial charge in [-0.1, -0.05) is 6.42 Å². The molecule has 2 fully saturated rings. The molecule has 5 heteroatoms. The zero-order valence-corrected chi connectivity index (χ0v) is 14.8. The predicted octanol–water partition coefficient (Wildman–Crippen LogP) is 2.37. The molecule has 0 N–H and O–H groups in total. The van der Waals surface area contributed by atoms with Crippen molar-refractivity contribution in [2.75, 3.05) is 19.6 Å². The largest absolute Gasteiger partial charge is 0.339 e. The predicted molar refractivity (Wildman–Crippen MR) is 91.3 cm³/mol. The van der Waals surface area contributed by atoms with Gasteiger partial charge in [0, 0.05) is 43.8 Å². The Balaban J connectivity index is 1.38. The van der Waals surface area contributed by atoms with Gasteiger partial charge in [0.2, 0.25) is 5.91 Å². The number of carbonyl (C=O) groups excluding carboxylic acids is 1. The number of amides is 1. The summed E-state index contributed by atoms with van der Waals surface area (Å²) >= 11 is 0. The van der Waals surface area contributed by atoms with Gasteiger partial charge in [-0.05, 0) is 52.6 Å². The molecule has 0 aliphatic carbocycles. The normalized spacial score (nSPS) is 23.1. The van der Waals surface area contributed by atoms with Gasteiger partial charge in [0.25, 0.3) is 0 Å². The molecule has 2 aliphatic rings. The highest BCUT2D eigenvalue weighted by Gasteiger charge is 2.36. The van der Waals surface area contributed by atoms with Crippen LogP contribution in [0.3, 0.4) is 0 Å². The smallest absolute Gasteiger partial charge is 0.222 e. The van der Waals surface area contributed by atoms with E-state index in [2.05, 4.69) is 29.9 Å². The van der Waals surface area contributed by atoms with Crippen molar-refractivity contribution in [3.05, 3.63) is 17.5 Å². The molecule has 0 unspecified atom stereocenters. The zero-order chi connectivity index (χ0) is 16.4. The molecule has 1 aromatic rings. The fraction of sp³-hybridized carbons (Fsp3) is 0.778. The highest BCUT2D eigenvalue weighted by atomic mass is 16.2. The third kappa shape index (κ3) is 3.77. The van der Waals surface area contributed by atoms with E-state index < -0.39 is 0 Å². The minimum absolute atomic E-state index is 0.312. The first-order valence-corrected chi connectivity index (χ1v) is 9.09. The summed E-state index contributed by atoms with van der Waals surface area (Å²) in [6.07, 6.45) is 5.51. The minimum Gasteiger partial charge on any atom is -0.339 e. The molecule has 0 saturated carbocycles. The molecule has 0 spiro atoms. The molecule has 0 radical (unpaired) electrons. The van der Waals surface area contributed by atoms with Crippen LogP contribution in [0.15, 0.2) is 6.07 Å². The lowest BCUT2D eigenvalue weighted by Gasteiger charge is -2.49. The molecule has 1 amide bonds. The maximum Gasteiger partial charge on any atom is 0.222 e. The molecule has 0 bridgehead atoms. The molecule has 3 heterocycles. The number of aryl methyl sites for hydroxylation is 3. The molecular formula is C18H30N4O. The van der Waals surface area contributed by atoms with Crippen molar-refractivity contribution in [3.8, 4) is 0 Å². The van der Waals surface area contributed by atoms with Crippen LogP contribution in [0.25, 0.3) is 0 Å². The number of likely N-dealkylation sites (tertiary alicyclic amines) is 2. The summed E-state index contributed by atoms with van der Waals surface area (Å²) in [4.78, 5) is 16.9. The first kappa shape index (κ1) is 16.5. The second kappa shape index (κ2) is 7.04. The first-order chi connectivity index (χ1) is 11.0. The summed E-state index contributed by atoms with van der Waals surface area (Å²) in [5.74, 6) is 0.312. The van der Waals surface area contributed by atoms with Crippen molar-refractivity contribution in [2.45, 2.75) is 71.5 Å². The van der Waals surface area contributed by atoms with Crippen LogP contribution in [0.2, 0.25) is 0 Å². The quantitative estimate of drug-likeness (QED) is 0.837. The standard InChI is InChI=1S/C18H30N4O/c1-14-11-16(3)22(19-14)10-6-8-18(23)20-12-17(13-20)21-9-5-4-7-15(21)2/h11,15,17H,4-10,12-13H2,1-3H3/t15-/m0/s1. The van der Waals surface area contributed by atoms with E-state index >= 15 is 0 Å². The van der Waals surface area contributed by atoms with Crippen molar-refractivity contribution in [1.82, 2.24) is 19.6 Å². The van der Waals surface area contributed by atoms with Crippen LogP contribution in [-0.2, 0) is 11.3 Å². The number of hydrogen-bond donors (Lipinski definition) is 0. The molecule has 2 saturated heterocycles. The van der Waals surface area contributed by atoms with E-state index in [0.717, 1.165) is 31.7 Å². The number of piperidine rings is 1. The second-order valence-electron chi connectivity index (χ2n) is 7.29. The van der Waals surface area contributed by atoms with Crippen molar-refractivity contribution in [2.24, 2.45) is 0 Å². The van der Waals surface area contributed by atoms with Crippen LogP contribution < -0.4 is 0 Å². The van der Waals surface area contributed by atoms with Crippen LogP contribution in [0.1, 0.15) is 50.4 Å². The van der Waals surface area contributed by atoms with Gasteiger partial charge in [-0.2, -0.15) is 5.10 Å². The Morgan fingerprint density at radius 1 is 1.30 bits per heavy atom. The van der Waals surface area contributed by atoms with Gasteiger partial charge in [-0.15, -0.1) is 0 Å². The van der Waals surface area contributed by atoms with Crippen molar-refractivity contribution < 1.29 is 4.79 Å². The zero-order valence-electron chi connectivity index (χ0n) is 14.8. The molecule has 2 aliphatic heterocycles. The van der Waals surface area contributed by atoms with Crippen LogP contribution in [-0.4, -0.2) is 57.2 Å². The lowest BCUT2D eigenvalue weighted by molar-refractivity contribution is -0.140. The Labute approximate surface area is 139 Å². The van der Waals surface area contributed by atoms with Gasteiger partial charge < -0.3 is 4.90 Å². The fourth-order valence-electron chi connectivity index (χ4n) is 3.97. The topological polar surface area (TPSA) is 41.4 Å². The summed E-state index contributed by atoms with van der Waals surface area (Å²) in [5.41, 5.74) is 2.23. The Morgan fingerprint density at radius 2 is 2.09 bits per heavy atom. The van der Waals surface area contributed by atoms with Crippen LogP contribution >= 0.6 is 0 Å². The van der Waals surface area contributed by atoms with E-state index in [0.29, 0.717) is 24.4 Å². The van der Waals surface area contributed by atoms with E-state index in [1.54, 1.807) is 0 Å². The Morgan fingerprint density at radius 3 is 2.74 bits per heavy atom. The minimum atomic E-state index is 0.312. The number of rotatable bonds is 5. The van der Waals surface area contributed by atoms with Crippen molar-refractivity contribution in [1.29, 1.82) is 0 Å². The Hall–Kier alpha value is -1.36. The van der Waals surface area contributed by atoms with Gasteiger partial charge in [0.1, 0.15) is 0 Å². The fourth-order valence-corrected chi connectivity index (χ4v) is 3.97. The molecule has 0 aromatic carbocycles. The summed E-state index contributed by atoms with van der Waals surface area (Å²) in [5, 5.41) is 4.45. The average Bonchev–Trinajstić information content (AvgIpc) is 2.77. The summed E-state index contributed by atoms with van der Waals surface area (Å²) < 4.78 is 2.01. The summed E-state index contributed by atoms with van der Waals surface area (Å²) in [7, 11) is 0.